The monoisotopic (exact) mass is 1150 g/mol. The van der Waals surface area contributed by atoms with Gasteiger partial charge < -0.3 is 44.1 Å². The standard InChI is InChI=1S/C30H38N4O5S.C29H39N5O6S/c1-33-16-14-31-28(36)19-34-26-18-23(27(35)20-40(37,38)32-15-17-33)10-13-25(26)29(21-6-4-3-5-7-21)30(34)22-8-11-24(39-2)12-9-22;1-33(17-15-32-41(30,38)39)16-14-31-26(35)19-34-25-18-22(29(36)37)10-13-24(25)27(20-6-4-3-5-7-20)28(34)21-8-11-23(40-2)12-9-21/h8-13,18,21,32H,3-7,14-17,19-20H2,1-2H3,(H,31,36);8-13,18,20,32H,3-7,14-17,19H2,1-2H3,(H,31,35)(H,36,37)(H2,30,38,39). The van der Waals surface area contributed by atoms with Crippen molar-refractivity contribution in [3.05, 3.63) is 107 Å². The van der Waals surface area contributed by atoms with Crippen LogP contribution in [0.5, 0.6) is 11.5 Å². The highest BCUT2D eigenvalue weighted by Gasteiger charge is 2.31. The number of ketones is 1. The first-order valence-corrected chi connectivity index (χ1v) is 31.1. The van der Waals surface area contributed by atoms with Crippen LogP contribution in [0.15, 0.2) is 84.9 Å². The van der Waals surface area contributed by atoms with Crippen LogP contribution in [-0.2, 0) is 42.9 Å². The maximum absolute atomic E-state index is 13.3. The lowest BCUT2D eigenvalue weighted by molar-refractivity contribution is -0.122. The molecule has 0 spiro atoms. The van der Waals surface area contributed by atoms with Crippen molar-refractivity contribution < 1.29 is 50.6 Å². The third-order valence-electron chi connectivity index (χ3n) is 15.7. The number of nitrogens with two attached hydrogens (primary N) is 1. The summed E-state index contributed by atoms with van der Waals surface area (Å²) in [4.78, 5) is 55.5. The Bertz CT molecular complexity index is 3420. The molecule has 9 rings (SSSR count). The number of fused-ring (bicyclic) bond motifs is 2. The van der Waals surface area contributed by atoms with Crippen molar-refractivity contribution in [2.45, 2.75) is 89.1 Å². The van der Waals surface area contributed by atoms with Gasteiger partial charge in [-0.05, 0) is 141 Å². The molecule has 2 amide bonds. The van der Waals surface area contributed by atoms with Crippen molar-refractivity contribution in [1.29, 1.82) is 0 Å². The number of Topliss-reactive ketones (excluding diaryl/α,β-unsaturated/α-hetero) is 1. The molecule has 3 heterocycles. The van der Waals surface area contributed by atoms with Crippen LogP contribution in [0.1, 0.15) is 108 Å². The van der Waals surface area contributed by atoms with Crippen LogP contribution < -0.4 is 34.7 Å². The summed E-state index contributed by atoms with van der Waals surface area (Å²) in [7, 11) is -0.593. The van der Waals surface area contributed by atoms with Gasteiger partial charge in [0.05, 0.1) is 36.7 Å². The zero-order valence-electron chi connectivity index (χ0n) is 46.8. The van der Waals surface area contributed by atoms with Crippen LogP contribution in [0, 0.1) is 0 Å². The van der Waals surface area contributed by atoms with E-state index >= 15 is 0 Å². The number of carbonyl (C=O) groups is 4. The quantitative estimate of drug-likeness (QED) is 0.0611. The highest BCUT2D eigenvalue weighted by molar-refractivity contribution is 7.90. The molecule has 2 saturated carbocycles. The van der Waals surface area contributed by atoms with Gasteiger partial charge in [-0.2, -0.15) is 8.42 Å². The van der Waals surface area contributed by atoms with E-state index in [2.05, 4.69) is 20.1 Å². The molecule has 20 nitrogen and oxygen atoms in total. The summed E-state index contributed by atoms with van der Waals surface area (Å²) >= 11 is 0. The Balaban J connectivity index is 0.000000212. The molecule has 0 unspecified atom stereocenters. The molecule has 2 aliphatic carbocycles. The van der Waals surface area contributed by atoms with Crippen LogP contribution in [0.4, 0.5) is 0 Å². The van der Waals surface area contributed by atoms with Crippen LogP contribution >= 0.6 is 0 Å². The van der Waals surface area contributed by atoms with Gasteiger partial charge in [0.25, 0.3) is 10.2 Å². The van der Waals surface area contributed by atoms with Crippen molar-refractivity contribution in [1.82, 2.24) is 39.0 Å². The number of methoxy groups -OCH3 is 2. The third-order valence-corrected chi connectivity index (χ3v) is 17.6. The van der Waals surface area contributed by atoms with Crippen molar-refractivity contribution in [3.63, 3.8) is 0 Å². The topological polar surface area (TPSA) is 266 Å². The lowest BCUT2D eigenvalue weighted by Crippen LogP contribution is -2.39. The maximum Gasteiger partial charge on any atom is 0.335 e. The molecule has 436 valence electrons. The molecule has 2 aromatic heterocycles. The van der Waals surface area contributed by atoms with E-state index in [1.165, 1.54) is 18.4 Å². The molecule has 0 radical (unpaired) electrons. The number of hydrogen-bond donors (Lipinski definition) is 6. The molecule has 4 aromatic carbocycles. The number of amides is 2. The Morgan fingerprint density at radius 3 is 1.88 bits per heavy atom. The number of rotatable bonds is 16. The first-order chi connectivity index (χ1) is 38.8. The number of aromatic carboxylic acids is 1. The number of sulfonamides is 1. The fourth-order valence-corrected chi connectivity index (χ4v) is 13.0. The van der Waals surface area contributed by atoms with Crippen LogP contribution in [0.25, 0.3) is 44.3 Å². The summed E-state index contributed by atoms with van der Waals surface area (Å²) in [6, 6.07) is 26.2. The molecule has 1 aliphatic heterocycles. The fourth-order valence-electron chi connectivity index (χ4n) is 11.6. The number of nitrogens with zero attached hydrogens (tertiary/aromatic N) is 4. The normalized spacial score (nSPS) is 17.2. The number of ether oxygens (including phenoxy) is 2. The summed E-state index contributed by atoms with van der Waals surface area (Å²) in [5.41, 5.74) is 8.14. The van der Waals surface area contributed by atoms with E-state index in [0.717, 1.165) is 113 Å². The molecular weight excluding hydrogens is 1070 g/mol. The van der Waals surface area contributed by atoms with Gasteiger partial charge in [-0.3, -0.25) is 14.4 Å². The minimum Gasteiger partial charge on any atom is -0.497 e. The van der Waals surface area contributed by atoms with Gasteiger partial charge in [-0.25, -0.2) is 27.8 Å². The van der Waals surface area contributed by atoms with Gasteiger partial charge in [0.15, 0.2) is 5.78 Å². The molecule has 81 heavy (non-hydrogen) atoms. The van der Waals surface area contributed by atoms with E-state index < -0.39 is 37.7 Å². The summed E-state index contributed by atoms with van der Waals surface area (Å²) in [6.07, 6.45) is 11.2. The van der Waals surface area contributed by atoms with E-state index in [0.29, 0.717) is 56.7 Å². The number of carboxylic acids is 1. The summed E-state index contributed by atoms with van der Waals surface area (Å²) < 4.78 is 67.0. The number of nitrogens with one attached hydrogen (secondary N) is 4. The minimum atomic E-state index is -3.79. The summed E-state index contributed by atoms with van der Waals surface area (Å²) in [5, 5.41) is 22.7. The minimum absolute atomic E-state index is 0.0182. The molecule has 6 aromatic rings. The number of likely N-dealkylation sites (N-methyl/N-ethyl adjacent to an activating group) is 2. The molecule has 2 fully saturated rings. The second kappa shape index (κ2) is 27.4. The lowest BCUT2D eigenvalue weighted by atomic mass is 9.81. The van der Waals surface area contributed by atoms with Crippen molar-refractivity contribution in [2.24, 2.45) is 5.14 Å². The van der Waals surface area contributed by atoms with Crippen LogP contribution in [0.3, 0.4) is 0 Å². The second-order valence-electron chi connectivity index (χ2n) is 21.4. The maximum atomic E-state index is 13.3. The number of carbonyl (C=O) groups excluding carboxylic acids is 3. The average molecular weight is 1150 g/mol. The van der Waals surface area contributed by atoms with Gasteiger partial charge in [-0.1, -0.05) is 56.7 Å². The Kier molecular flexibility index (Phi) is 20.4. The molecule has 3 aliphatic rings. The Morgan fingerprint density at radius 2 is 1.28 bits per heavy atom. The molecular formula is C59H77N9O11S2. The van der Waals surface area contributed by atoms with Crippen LogP contribution in [-0.4, -0.2) is 151 Å². The van der Waals surface area contributed by atoms with Gasteiger partial charge in [0, 0.05) is 74.2 Å². The first-order valence-electron chi connectivity index (χ1n) is 27.9. The predicted molar refractivity (Wildman–Crippen MR) is 315 cm³/mol. The van der Waals surface area contributed by atoms with Gasteiger partial charge in [-0.15, -0.1) is 0 Å². The average Bonchev–Trinajstić information content (AvgIpc) is 4.10. The summed E-state index contributed by atoms with van der Waals surface area (Å²) in [6.45, 7) is 3.24. The third kappa shape index (κ3) is 15.7. The number of hydrogen-bond acceptors (Lipinski definition) is 12. The Morgan fingerprint density at radius 1 is 0.741 bits per heavy atom. The number of benzene rings is 4. The highest BCUT2D eigenvalue weighted by atomic mass is 32.2. The van der Waals surface area contributed by atoms with Gasteiger partial charge in [0.2, 0.25) is 21.8 Å². The van der Waals surface area contributed by atoms with Crippen LogP contribution in [0.2, 0.25) is 0 Å². The number of aromatic nitrogens is 2. The smallest absolute Gasteiger partial charge is 0.335 e. The number of carboxylic acid groups (broad SMARTS) is 1. The fraction of sp³-hybridized carbons (Fsp3) is 0.458. The zero-order valence-corrected chi connectivity index (χ0v) is 48.4. The van der Waals surface area contributed by atoms with E-state index in [1.54, 1.807) is 38.5 Å². The SMILES string of the molecule is COc1ccc(-c2c(C3CCCCC3)c3ccc(C(=O)O)cc3n2CC(=O)NCCN(C)CCNS(N)(=O)=O)cc1.COc1ccc(-c2c(C3CCCCC3)c3ccc4cc3n2CC(=O)NCCN(C)CCNS(=O)(=O)CC4=O)cc1. The van der Waals surface area contributed by atoms with E-state index in [9.17, 15) is 41.1 Å². The molecule has 22 heteroatoms. The zero-order chi connectivity index (χ0) is 57.8. The molecule has 0 atom stereocenters. The highest BCUT2D eigenvalue weighted by Crippen LogP contribution is 2.46. The molecule has 0 saturated heterocycles. The largest absolute Gasteiger partial charge is 0.497 e. The van der Waals surface area contributed by atoms with E-state index in [-0.39, 0.29) is 43.6 Å². The molecule has 7 N–H and O–H groups in total. The molecule has 2 bridgehead atoms. The first kappa shape index (κ1) is 60.4. The predicted octanol–water partition coefficient (Wildman–Crippen LogP) is 6.43. The Hall–Kier alpha value is -6.66. The van der Waals surface area contributed by atoms with Gasteiger partial charge in [0.1, 0.15) is 30.3 Å². The van der Waals surface area contributed by atoms with Gasteiger partial charge >= 0.3 is 5.97 Å². The van der Waals surface area contributed by atoms with Crippen molar-refractivity contribution in [3.8, 4) is 34.0 Å². The van der Waals surface area contributed by atoms with Crippen molar-refractivity contribution >= 4 is 65.6 Å². The lowest BCUT2D eigenvalue weighted by Gasteiger charge is -2.24. The Labute approximate surface area is 474 Å². The van der Waals surface area contributed by atoms with E-state index in [4.69, 9.17) is 14.6 Å². The van der Waals surface area contributed by atoms with Crippen molar-refractivity contribution in [2.75, 3.05) is 86.4 Å². The van der Waals surface area contributed by atoms with E-state index in [1.807, 2.05) is 93.7 Å². The second-order valence-corrected chi connectivity index (χ2v) is 24.6. The summed E-state index contributed by atoms with van der Waals surface area (Å²) in [5.74, 6) is -0.324.